The zero-order chi connectivity index (χ0) is 16.9. The number of rotatable bonds is 6. The maximum atomic E-state index is 10.1. The minimum atomic E-state index is -0.934. The van der Waals surface area contributed by atoms with E-state index < -0.39 is 11.9 Å². The minimum absolute atomic E-state index is 0.527. The molecule has 0 fully saturated rings. The van der Waals surface area contributed by atoms with Crippen molar-refractivity contribution in [1.29, 1.82) is 0 Å². The van der Waals surface area contributed by atoms with E-state index >= 15 is 0 Å². The average Bonchev–Trinajstić information content (AvgIpc) is 3.02. The predicted molar refractivity (Wildman–Crippen MR) is 83.8 cm³/mol. The smallest absolute Gasteiger partial charge is 0.327 e. The first-order chi connectivity index (χ1) is 11.1. The van der Waals surface area contributed by atoms with Crippen LogP contribution in [0.2, 0.25) is 0 Å². The van der Waals surface area contributed by atoms with Gasteiger partial charge in [-0.2, -0.15) is 0 Å². The van der Waals surface area contributed by atoms with E-state index in [1.54, 1.807) is 30.7 Å². The molecule has 3 N–H and O–H groups in total. The molecule has 0 aliphatic heterocycles. The Kier molecular flexibility index (Phi) is 8.14. The van der Waals surface area contributed by atoms with Gasteiger partial charge in [-0.3, -0.25) is 4.98 Å². The summed E-state index contributed by atoms with van der Waals surface area (Å²) in [5.41, 5.74) is 0.870. The number of hydrogen-bond donors (Lipinski definition) is 3. The number of imidazole rings is 1. The van der Waals surface area contributed by atoms with E-state index in [0.717, 1.165) is 23.7 Å². The Bertz CT molecular complexity index is 649. The van der Waals surface area contributed by atoms with Gasteiger partial charge in [0.1, 0.15) is 5.82 Å². The first kappa shape index (κ1) is 17.8. The quantitative estimate of drug-likeness (QED) is 0.701. The van der Waals surface area contributed by atoms with Crippen LogP contribution in [0.4, 0.5) is 0 Å². The summed E-state index contributed by atoms with van der Waals surface area (Å²) in [5, 5.41) is 16.5. The van der Waals surface area contributed by atoms with Crippen molar-refractivity contribution in [3.05, 3.63) is 72.6 Å². The molecule has 0 atom stereocenters. The third-order valence-corrected chi connectivity index (χ3v) is 2.44. The number of allylic oxidation sites excluding steroid dienone is 2. The molecule has 7 heteroatoms. The third kappa shape index (κ3) is 9.35. The van der Waals surface area contributed by atoms with E-state index in [9.17, 15) is 9.59 Å². The summed E-state index contributed by atoms with van der Waals surface area (Å²) in [6.45, 7) is 0. The Balaban J connectivity index is 0.000000231. The zero-order valence-electron chi connectivity index (χ0n) is 12.3. The third-order valence-electron chi connectivity index (χ3n) is 2.44. The van der Waals surface area contributed by atoms with E-state index in [0.29, 0.717) is 12.8 Å². The fourth-order valence-electron chi connectivity index (χ4n) is 1.48. The minimum Gasteiger partial charge on any atom is -0.478 e. The molecule has 0 radical (unpaired) electrons. The summed E-state index contributed by atoms with van der Waals surface area (Å²) in [4.78, 5) is 30.9. The molecule has 0 aliphatic carbocycles. The van der Waals surface area contributed by atoms with Gasteiger partial charge in [0.25, 0.3) is 0 Å². The maximum Gasteiger partial charge on any atom is 0.327 e. The first-order valence-corrected chi connectivity index (χ1v) is 6.75. The van der Waals surface area contributed by atoms with Crippen molar-refractivity contribution >= 4 is 11.9 Å². The van der Waals surface area contributed by atoms with Crippen LogP contribution < -0.4 is 0 Å². The summed E-state index contributed by atoms with van der Waals surface area (Å²) in [6.07, 6.45) is 11.4. The Morgan fingerprint density at radius 1 is 1.00 bits per heavy atom. The molecule has 0 amide bonds. The second-order valence-electron chi connectivity index (χ2n) is 4.25. The van der Waals surface area contributed by atoms with Crippen molar-refractivity contribution in [2.24, 2.45) is 0 Å². The van der Waals surface area contributed by atoms with Gasteiger partial charge in [0.15, 0.2) is 0 Å². The SMILES string of the molecule is O=C(O)C=CCc1ccccn1.O=C(O)C=CCc1ncc[nH]1. The number of aromatic nitrogens is 3. The molecule has 0 saturated heterocycles. The molecule has 7 nitrogen and oxygen atoms in total. The Morgan fingerprint density at radius 3 is 2.22 bits per heavy atom. The summed E-state index contributed by atoms with van der Waals surface area (Å²) in [5.74, 6) is -1.09. The summed E-state index contributed by atoms with van der Waals surface area (Å²) < 4.78 is 0. The number of nitrogens with one attached hydrogen (secondary N) is 1. The van der Waals surface area contributed by atoms with Crippen LogP contribution in [0.3, 0.4) is 0 Å². The Hall–Kier alpha value is -3.22. The lowest BCUT2D eigenvalue weighted by molar-refractivity contribution is -0.132. The van der Waals surface area contributed by atoms with Crippen molar-refractivity contribution < 1.29 is 19.8 Å². The van der Waals surface area contributed by atoms with E-state index in [-0.39, 0.29) is 0 Å². The van der Waals surface area contributed by atoms with Gasteiger partial charge in [-0.05, 0) is 12.1 Å². The molecule has 0 spiro atoms. The van der Waals surface area contributed by atoms with Gasteiger partial charge in [0, 0.05) is 49.3 Å². The number of pyridine rings is 1. The lowest BCUT2D eigenvalue weighted by Gasteiger charge is -1.91. The molecule has 2 aromatic heterocycles. The number of H-pyrrole nitrogens is 1. The molecule has 2 heterocycles. The van der Waals surface area contributed by atoms with Gasteiger partial charge in [0.05, 0.1) is 0 Å². The van der Waals surface area contributed by atoms with Crippen LogP contribution in [0.25, 0.3) is 0 Å². The van der Waals surface area contributed by atoms with Gasteiger partial charge in [0.2, 0.25) is 0 Å². The van der Waals surface area contributed by atoms with Crippen LogP contribution in [-0.4, -0.2) is 37.1 Å². The van der Waals surface area contributed by atoms with Gasteiger partial charge >= 0.3 is 11.9 Å². The van der Waals surface area contributed by atoms with Crippen LogP contribution in [0, 0.1) is 0 Å². The van der Waals surface area contributed by atoms with Crippen molar-refractivity contribution in [3.8, 4) is 0 Å². The number of nitrogens with zero attached hydrogens (tertiary/aromatic N) is 2. The maximum absolute atomic E-state index is 10.1. The number of carbonyl (C=O) groups is 2. The fourth-order valence-corrected chi connectivity index (χ4v) is 1.48. The summed E-state index contributed by atoms with van der Waals surface area (Å²) in [6, 6.07) is 5.55. The first-order valence-electron chi connectivity index (χ1n) is 6.75. The number of hydrogen-bond acceptors (Lipinski definition) is 4. The van der Waals surface area contributed by atoms with Crippen molar-refractivity contribution in [2.45, 2.75) is 12.8 Å². The van der Waals surface area contributed by atoms with Gasteiger partial charge in [-0.15, -0.1) is 0 Å². The molecule has 23 heavy (non-hydrogen) atoms. The zero-order valence-corrected chi connectivity index (χ0v) is 12.3. The summed E-state index contributed by atoms with van der Waals surface area (Å²) in [7, 11) is 0. The van der Waals surface area contributed by atoms with Crippen LogP contribution in [0.15, 0.2) is 61.1 Å². The molecule has 0 bridgehead atoms. The van der Waals surface area contributed by atoms with E-state index in [2.05, 4.69) is 15.0 Å². The van der Waals surface area contributed by atoms with Crippen LogP contribution in [0.5, 0.6) is 0 Å². The number of aliphatic carboxylic acids is 2. The molecular formula is C16H17N3O4. The molecule has 0 unspecified atom stereocenters. The predicted octanol–water partition coefficient (Wildman–Crippen LogP) is 1.86. The molecule has 0 aliphatic rings. The van der Waals surface area contributed by atoms with Gasteiger partial charge < -0.3 is 15.2 Å². The van der Waals surface area contributed by atoms with Crippen molar-refractivity contribution in [3.63, 3.8) is 0 Å². The lowest BCUT2D eigenvalue weighted by atomic mass is 10.2. The molecule has 120 valence electrons. The van der Waals surface area contributed by atoms with Crippen LogP contribution >= 0.6 is 0 Å². The van der Waals surface area contributed by atoms with Gasteiger partial charge in [-0.25, -0.2) is 14.6 Å². The molecule has 2 rings (SSSR count). The van der Waals surface area contributed by atoms with E-state index in [1.165, 1.54) is 0 Å². The van der Waals surface area contributed by atoms with Gasteiger partial charge in [-0.1, -0.05) is 18.2 Å². The largest absolute Gasteiger partial charge is 0.478 e. The van der Waals surface area contributed by atoms with Crippen LogP contribution in [-0.2, 0) is 22.4 Å². The number of carboxylic acids is 2. The lowest BCUT2D eigenvalue weighted by Crippen LogP contribution is -1.89. The Morgan fingerprint density at radius 2 is 1.70 bits per heavy atom. The molecule has 2 aromatic rings. The highest BCUT2D eigenvalue weighted by Gasteiger charge is 1.90. The second-order valence-corrected chi connectivity index (χ2v) is 4.25. The standard InChI is InChI=1S/C9H9NO2.C7H8N2O2/c11-9(12)6-3-5-8-4-1-2-7-10-8;10-7(11)3-1-2-6-8-4-5-9-6/h1-4,6-7H,5H2,(H,11,12);1,3-5H,2H2,(H,8,9)(H,10,11). The monoisotopic (exact) mass is 315 g/mol. The van der Waals surface area contributed by atoms with E-state index in [1.807, 2.05) is 18.2 Å². The highest BCUT2D eigenvalue weighted by Crippen LogP contribution is 1.95. The van der Waals surface area contributed by atoms with Crippen molar-refractivity contribution in [1.82, 2.24) is 15.0 Å². The van der Waals surface area contributed by atoms with Crippen molar-refractivity contribution in [2.75, 3.05) is 0 Å². The highest BCUT2D eigenvalue weighted by atomic mass is 16.4. The molecular weight excluding hydrogens is 298 g/mol. The topological polar surface area (TPSA) is 116 Å². The molecule has 0 aromatic carbocycles. The second kappa shape index (κ2) is 10.5. The Labute approximate surface area is 133 Å². The van der Waals surface area contributed by atoms with Crippen LogP contribution in [0.1, 0.15) is 11.5 Å². The van der Waals surface area contributed by atoms with E-state index in [4.69, 9.17) is 10.2 Å². The average molecular weight is 315 g/mol. The fraction of sp³-hybridized carbons (Fsp3) is 0.125. The number of carboxylic acid groups (broad SMARTS) is 2. The highest BCUT2D eigenvalue weighted by molar-refractivity contribution is 5.80. The summed E-state index contributed by atoms with van der Waals surface area (Å²) >= 11 is 0. The normalized spacial score (nSPS) is 10.4. The number of aromatic amines is 1. The molecule has 0 saturated carbocycles.